The van der Waals surface area contributed by atoms with Gasteiger partial charge >= 0.3 is 0 Å². The van der Waals surface area contributed by atoms with E-state index in [9.17, 15) is 15.3 Å². The molecule has 0 atom stereocenters. The second-order valence-electron chi connectivity index (χ2n) is 5.69. The van der Waals surface area contributed by atoms with E-state index in [4.69, 9.17) is 0 Å². The molecule has 2 aromatic carbocycles. The number of halogens is 1. The molecule has 0 saturated carbocycles. The van der Waals surface area contributed by atoms with Gasteiger partial charge in [-0.25, -0.2) is 0 Å². The number of hydrogen-bond donors (Lipinski definition) is 0. The van der Waals surface area contributed by atoms with Gasteiger partial charge in [-0.15, -0.1) is 11.3 Å². The fraction of sp³-hybridized carbons (Fsp3) is 0.0952. The number of rotatable bonds is 3. The quantitative estimate of drug-likeness (QED) is 0.633. The van der Waals surface area contributed by atoms with Gasteiger partial charge in [-0.2, -0.15) is 10.5 Å². The van der Waals surface area contributed by atoms with E-state index >= 15 is 0 Å². The van der Waals surface area contributed by atoms with Crippen molar-refractivity contribution in [3.8, 4) is 17.8 Å². The van der Waals surface area contributed by atoms with Gasteiger partial charge in [0.2, 0.25) is 0 Å². The van der Waals surface area contributed by atoms with E-state index in [2.05, 4.69) is 15.9 Å². The summed E-state index contributed by atoms with van der Waals surface area (Å²) in [5.41, 5.74) is 2.24. The molecule has 0 aliphatic carbocycles. The van der Waals surface area contributed by atoms with Crippen LogP contribution in [-0.4, -0.2) is 4.57 Å². The highest BCUT2D eigenvalue weighted by Gasteiger charge is 2.13. The number of benzene rings is 2. The molecule has 3 aromatic rings. The molecule has 0 amide bonds. The average Bonchev–Trinajstić information content (AvgIpc) is 3.00. The molecular formula is C21H14BrN3OS. The predicted molar refractivity (Wildman–Crippen MR) is 111 cm³/mol. The third-order valence-corrected chi connectivity index (χ3v) is 5.66. The summed E-state index contributed by atoms with van der Waals surface area (Å²) in [5, 5.41) is 18.7. The van der Waals surface area contributed by atoms with Crippen LogP contribution in [0.25, 0.3) is 17.3 Å². The Morgan fingerprint density at radius 2 is 1.81 bits per heavy atom. The molecule has 0 spiro atoms. The minimum Gasteiger partial charge on any atom is -0.267 e. The van der Waals surface area contributed by atoms with Crippen LogP contribution in [-0.2, 0) is 6.42 Å². The van der Waals surface area contributed by atoms with Crippen molar-refractivity contribution in [2.24, 2.45) is 0 Å². The van der Waals surface area contributed by atoms with Crippen molar-refractivity contribution >= 4 is 38.9 Å². The molecule has 4 nitrogen and oxygen atoms in total. The van der Waals surface area contributed by atoms with Gasteiger partial charge in [0.15, 0.2) is 5.57 Å². The molecule has 0 N–H and O–H groups in total. The van der Waals surface area contributed by atoms with E-state index in [-0.39, 0.29) is 11.1 Å². The first kappa shape index (κ1) is 18.8. The smallest absolute Gasteiger partial charge is 0.267 e. The van der Waals surface area contributed by atoms with E-state index in [0.29, 0.717) is 14.9 Å². The maximum absolute atomic E-state index is 13.2. The van der Waals surface area contributed by atoms with Crippen LogP contribution in [0.1, 0.15) is 18.1 Å². The fourth-order valence-electron chi connectivity index (χ4n) is 2.73. The Morgan fingerprint density at radius 1 is 1.15 bits per heavy atom. The number of thiazole rings is 1. The van der Waals surface area contributed by atoms with Crippen molar-refractivity contribution in [2.45, 2.75) is 13.3 Å². The lowest BCUT2D eigenvalue weighted by molar-refractivity contribution is 0.953. The van der Waals surface area contributed by atoms with Crippen molar-refractivity contribution < 1.29 is 0 Å². The van der Waals surface area contributed by atoms with Gasteiger partial charge in [0.1, 0.15) is 16.8 Å². The van der Waals surface area contributed by atoms with E-state index in [1.165, 1.54) is 4.57 Å². The second-order valence-corrected chi connectivity index (χ2v) is 7.64. The Morgan fingerprint density at radius 3 is 2.44 bits per heavy atom. The molecule has 0 radical (unpaired) electrons. The maximum atomic E-state index is 13.2. The lowest BCUT2D eigenvalue weighted by Gasteiger charge is -2.08. The Hall–Kier alpha value is -2.93. The van der Waals surface area contributed by atoms with Crippen molar-refractivity contribution in [1.29, 1.82) is 10.5 Å². The third kappa shape index (κ3) is 3.78. The Kier molecular flexibility index (Phi) is 5.71. The SMILES string of the molecule is CCc1ccccc1-n1c(=C(C#N)C#N)s/c(=C/c2ccc(Br)cc2)c1=O. The second kappa shape index (κ2) is 8.18. The van der Waals surface area contributed by atoms with Gasteiger partial charge in [0, 0.05) is 4.47 Å². The van der Waals surface area contributed by atoms with E-state index < -0.39 is 0 Å². The van der Waals surface area contributed by atoms with Gasteiger partial charge in [-0.05, 0) is 41.8 Å². The van der Waals surface area contributed by atoms with Crippen LogP contribution in [0.3, 0.4) is 0 Å². The molecule has 1 heterocycles. The van der Waals surface area contributed by atoms with E-state index in [1.807, 2.05) is 67.6 Å². The molecule has 132 valence electrons. The van der Waals surface area contributed by atoms with Crippen molar-refractivity contribution in [3.05, 3.63) is 83.7 Å². The topological polar surface area (TPSA) is 69.6 Å². The Labute approximate surface area is 168 Å². The summed E-state index contributed by atoms with van der Waals surface area (Å²) in [6.07, 6.45) is 2.51. The first-order chi connectivity index (χ1) is 13.1. The van der Waals surface area contributed by atoms with Gasteiger partial charge < -0.3 is 0 Å². The first-order valence-corrected chi connectivity index (χ1v) is 9.82. The van der Waals surface area contributed by atoms with Crippen LogP contribution in [0.2, 0.25) is 0 Å². The van der Waals surface area contributed by atoms with Gasteiger partial charge in [-0.3, -0.25) is 9.36 Å². The zero-order valence-electron chi connectivity index (χ0n) is 14.4. The zero-order valence-corrected chi connectivity index (χ0v) is 16.8. The lowest BCUT2D eigenvalue weighted by Crippen LogP contribution is -2.31. The van der Waals surface area contributed by atoms with Crippen LogP contribution in [0.15, 0.2) is 57.8 Å². The summed E-state index contributed by atoms with van der Waals surface area (Å²) in [7, 11) is 0. The van der Waals surface area contributed by atoms with Crippen LogP contribution in [0.5, 0.6) is 0 Å². The molecule has 6 heteroatoms. The summed E-state index contributed by atoms with van der Waals surface area (Å²) in [6.45, 7) is 2.00. The highest BCUT2D eigenvalue weighted by atomic mass is 79.9. The average molecular weight is 436 g/mol. The predicted octanol–water partition coefficient (Wildman–Crippen LogP) is 3.25. The largest absolute Gasteiger partial charge is 0.273 e. The Bertz CT molecular complexity index is 1240. The monoisotopic (exact) mass is 435 g/mol. The molecule has 0 unspecified atom stereocenters. The van der Waals surface area contributed by atoms with Crippen LogP contribution >= 0.6 is 27.3 Å². The summed E-state index contributed by atoms with van der Waals surface area (Å²) < 4.78 is 3.26. The van der Waals surface area contributed by atoms with Gasteiger partial charge in [0.05, 0.1) is 10.2 Å². The van der Waals surface area contributed by atoms with Crippen LogP contribution < -0.4 is 14.8 Å². The summed E-state index contributed by atoms with van der Waals surface area (Å²) in [6, 6.07) is 19.0. The molecule has 0 bridgehead atoms. The number of hydrogen-bond acceptors (Lipinski definition) is 4. The number of nitrogens with zero attached hydrogens (tertiary/aromatic N) is 3. The molecule has 3 rings (SSSR count). The van der Waals surface area contributed by atoms with Crippen molar-refractivity contribution in [2.75, 3.05) is 0 Å². The Balaban J connectivity index is 2.41. The van der Waals surface area contributed by atoms with Crippen molar-refractivity contribution in [3.63, 3.8) is 0 Å². The fourth-order valence-corrected chi connectivity index (χ4v) is 4.04. The number of para-hydroxylation sites is 1. The third-order valence-electron chi connectivity index (χ3n) is 4.04. The van der Waals surface area contributed by atoms with Gasteiger partial charge in [-0.1, -0.05) is 53.2 Å². The molecule has 0 aliphatic heterocycles. The van der Waals surface area contributed by atoms with E-state index in [0.717, 1.165) is 33.4 Å². The lowest BCUT2D eigenvalue weighted by atomic mass is 10.1. The van der Waals surface area contributed by atoms with Crippen LogP contribution in [0, 0.1) is 22.7 Å². The van der Waals surface area contributed by atoms with E-state index in [1.54, 1.807) is 6.08 Å². The number of aromatic nitrogens is 1. The van der Waals surface area contributed by atoms with Gasteiger partial charge in [0.25, 0.3) is 5.56 Å². The van der Waals surface area contributed by atoms with Crippen LogP contribution in [0.4, 0.5) is 0 Å². The standard InChI is InChI=1S/C21H14BrN3OS/c1-2-15-5-3-4-6-18(15)25-20(26)19(27-21(25)16(12-23)13-24)11-14-7-9-17(22)10-8-14/h3-11H,2H2,1H3/b19-11+. The highest BCUT2D eigenvalue weighted by Crippen LogP contribution is 2.13. The summed E-state index contributed by atoms with van der Waals surface area (Å²) in [4.78, 5) is 13.2. The minimum absolute atomic E-state index is 0.0709. The zero-order chi connectivity index (χ0) is 19.4. The number of aryl methyl sites for hydroxylation is 1. The molecule has 0 fully saturated rings. The number of nitriles is 2. The molecule has 0 saturated heterocycles. The normalized spacial score (nSPS) is 11.0. The molecular weight excluding hydrogens is 422 g/mol. The molecule has 1 aromatic heterocycles. The highest BCUT2D eigenvalue weighted by molar-refractivity contribution is 9.10. The maximum Gasteiger partial charge on any atom is 0.273 e. The van der Waals surface area contributed by atoms with Crippen molar-refractivity contribution in [1.82, 2.24) is 4.57 Å². The molecule has 0 aliphatic rings. The summed E-state index contributed by atoms with van der Waals surface area (Å²) >= 11 is 4.55. The minimum atomic E-state index is -0.234. The molecule has 27 heavy (non-hydrogen) atoms. The summed E-state index contributed by atoms with van der Waals surface area (Å²) in [5.74, 6) is 0. The first-order valence-electron chi connectivity index (χ1n) is 8.21.